The van der Waals surface area contributed by atoms with Crippen LogP contribution in [-0.2, 0) is 14.8 Å². The number of hydrogen-bond donors (Lipinski definition) is 3. The molecule has 0 aliphatic rings. The Morgan fingerprint density at radius 2 is 2.00 bits per heavy atom. The summed E-state index contributed by atoms with van der Waals surface area (Å²) in [7, 11) is -3.66. The number of halogens is 1. The Morgan fingerprint density at radius 1 is 1.36 bits per heavy atom. The summed E-state index contributed by atoms with van der Waals surface area (Å²) in [6.45, 7) is 5.64. The molecule has 8 heteroatoms. The number of sulfonamides is 1. The summed E-state index contributed by atoms with van der Waals surface area (Å²) >= 11 is 3.26. The summed E-state index contributed by atoms with van der Waals surface area (Å²) < 4.78 is 27.9. The van der Waals surface area contributed by atoms with E-state index in [4.69, 9.17) is 5.73 Å². The highest BCUT2D eigenvalue weighted by Gasteiger charge is 2.21. The third-order valence-corrected chi connectivity index (χ3v) is 5.10. The molecule has 0 aromatic heterocycles. The normalized spacial score (nSPS) is 13.2. The van der Waals surface area contributed by atoms with Gasteiger partial charge in [-0.05, 0) is 46.5 Å². The van der Waals surface area contributed by atoms with Crippen LogP contribution in [0.4, 0.5) is 5.69 Å². The van der Waals surface area contributed by atoms with Crippen molar-refractivity contribution in [3.8, 4) is 0 Å². The van der Waals surface area contributed by atoms with Crippen molar-refractivity contribution in [1.82, 2.24) is 4.72 Å². The molecular formula is C14H22BrN3O3S. The molecule has 1 rings (SSSR count). The van der Waals surface area contributed by atoms with Gasteiger partial charge >= 0.3 is 0 Å². The zero-order chi connectivity index (χ0) is 16.9. The fraction of sp³-hybridized carbons (Fsp3) is 0.500. The van der Waals surface area contributed by atoms with Gasteiger partial charge in [-0.3, -0.25) is 4.79 Å². The van der Waals surface area contributed by atoms with Crippen LogP contribution in [0.15, 0.2) is 27.6 Å². The number of rotatable bonds is 7. The lowest BCUT2D eigenvalue weighted by Crippen LogP contribution is -2.40. The quantitative estimate of drug-likeness (QED) is 0.661. The first-order valence-corrected chi connectivity index (χ1v) is 9.23. The van der Waals surface area contributed by atoms with E-state index in [1.165, 1.54) is 19.1 Å². The first-order chi connectivity index (χ1) is 10.2. The van der Waals surface area contributed by atoms with Gasteiger partial charge in [-0.1, -0.05) is 13.8 Å². The van der Waals surface area contributed by atoms with Gasteiger partial charge < -0.3 is 11.1 Å². The minimum atomic E-state index is -3.66. The number of anilines is 1. The van der Waals surface area contributed by atoms with Crippen LogP contribution in [0.3, 0.4) is 0 Å². The molecule has 0 spiro atoms. The first-order valence-electron chi connectivity index (χ1n) is 6.95. The molecule has 22 heavy (non-hydrogen) atoms. The van der Waals surface area contributed by atoms with Crippen LogP contribution in [-0.4, -0.2) is 26.9 Å². The number of amides is 1. The van der Waals surface area contributed by atoms with Crippen molar-refractivity contribution in [2.75, 3.05) is 11.9 Å². The maximum atomic E-state index is 12.4. The average molecular weight is 392 g/mol. The molecule has 1 atom stereocenters. The Hall–Kier alpha value is -0.960. The molecule has 124 valence electrons. The third kappa shape index (κ3) is 5.68. The predicted molar refractivity (Wildman–Crippen MR) is 91.1 cm³/mol. The number of benzene rings is 1. The van der Waals surface area contributed by atoms with Gasteiger partial charge in [-0.2, -0.15) is 0 Å². The monoisotopic (exact) mass is 391 g/mol. The van der Waals surface area contributed by atoms with Gasteiger partial charge in [-0.25, -0.2) is 13.1 Å². The molecule has 0 fully saturated rings. The number of carbonyl (C=O) groups excluding carboxylic acids is 1. The molecule has 1 unspecified atom stereocenters. The van der Waals surface area contributed by atoms with E-state index in [0.29, 0.717) is 22.5 Å². The van der Waals surface area contributed by atoms with E-state index in [-0.39, 0.29) is 23.4 Å². The average Bonchev–Trinajstić information content (AvgIpc) is 2.38. The Morgan fingerprint density at radius 3 is 2.45 bits per heavy atom. The lowest BCUT2D eigenvalue weighted by atomic mass is 10.1. The number of hydrogen-bond acceptors (Lipinski definition) is 4. The van der Waals surface area contributed by atoms with Crippen molar-refractivity contribution in [3.63, 3.8) is 0 Å². The van der Waals surface area contributed by atoms with Crippen LogP contribution < -0.4 is 15.8 Å². The Kier molecular flexibility index (Phi) is 6.98. The van der Waals surface area contributed by atoms with Crippen molar-refractivity contribution in [2.24, 2.45) is 11.7 Å². The van der Waals surface area contributed by atoms with Gasteiger partial charge in [0.1, 0.15) is 0 Å². The van der Waals surface area contributed by atoms with Gasteiger partial charge in [0.15, 0.2) is 0 Å². The Bertz CT molecular complexity index is 632. The molecule has 0 saturated heterocycles. The summed E-state index contributed by atoms with van der Waals surface area (Å²) in [5.74, 6) is 0.111. The van der Waals surface area contributed by atoms with Crippen molar-refractivity contribution >= 4 is 37.5 Å². The minimum Gasteiger partial charge on any atom is -0.329 e. The maximum Gasteiger partial charge on any atom is 0.240 e. The van der Waals surface area contributed by atoms with Gasteiger partial charge in [0, 0.05) is 24.0 Å². The van der Waals surface area contributed by atoms with Crippen molar-refractivity contribution in [2.45, 2.75) is 38.1 Å². The van der Waals surface area contributed by atoms with E-state index >= 15 is 0 Å². The molecule has 0 heterocycles. The molecule has 1 amide bonds. The van der Waals surface area contributed by atoms with E-state index in [9.17, 15) is 13.2 Å². The molecule has 4 N–H and O–H groups in total. The molecule has 6 nitrogen and oxygen atoms in total. The van der Waals surface area contributed by atoms with Gasteiger partial charge in [-0.15, -0.1) is 0 Å². The second-order valence-electron chi connectivity index (χ2n) is 5.51. The summed E-state index contributed by atoms with van der Waals surface area (Å²) in [5, 5.41) is 2.61. The van der Waals surface area contributed by atoms with E-state index in [1.807, 2.05) is 13.8 Å². The summed E-state index contributed by atoms with van der Waals surface area (Å²) in [6, 6.07) is 4.14. The second-order valence-corrected chi connectivity index (χ2v) is 8.07. The molecule has 0 aliphatic carbocycles. The largest absolute Gasteiger partial charge is 0.329 e. The fourth-order valence-electron chi connectivity index (χ4n) is 2.00. The van der Waals surface area contributed by atoms with Gasteiger partial charge in [0.2, 0.25) is 15.9 Å². The summed E-state index contributed by atoms with van der Waals surface area (Å²) in [4.78, 5) is 11.2. The van der Waals surface area contributed by atoms with Crippen LogP contribution in [0.5, 0.6) is 0 Å². The predicted octanol–water partition coefficient (Wildman–Crippen LogP) is 2.06. The highest BCUT2D eigenvalue weighted by molar-refractivity contribution is 9.10. The minimum absolute atomic E-state index is 0.121. The SMILES string of the molecule is CC(=O)Nc1ccc(S(=O)(=O)NC(CN)CC(C)C)cc1Br. The van der Waals surface area contributed by atoms with E-state index < -0.39 is 10.0 Å². The zero-order valence-corrected chi connectivity index (χ0v) is 15.3. The number of nitrogens with one attached hydrogen (secondary N) is 2. The molecular weight excluding hydrogens is 370 g/mol. The Labute approximate surface area is 140 Å². The van der Waals surface area contributed by atoms with Crippen LogP contribution in [0.1, 0.15) is 27.2 Å². The van der Waals surface area contributed by atoms with E-state index in [0.717, 1.165) is 0 Å². The highest BCUT2D eigenvalue weighted by atomic mass is 79.9. The van der Waals surface area contributed by atoms with E-state index in [1.54, 1.807) is 6.07 Å². The van der Waals surface area contributed by atoms with Crippen LogP contribution >= 0.6 is 15.9 Å². The highest BCUT2D eigenvalue weighted by Crippen LogP contribution is 2.26. The smallest absolute Gasteiger partial charge is 0.240 e. The van der Waals surface area contributed by atoms with Crippen LogP contribution in [0.2, 0.25) is 0 Å². The lowest BCUT2D eigenvalue weighted by molar-refractivity contribution is -0.114. The molecule has 0 bridgehead atoms. The van der Waals surface area contributed by atoms with E-state index in [2.05, 4.69) is 26.0 Å². The molecule has 0 radical (unpaired) electrons. The maximum absolute atomic E-state index is 12.4. The fourth-order valence-corrected chi connectivity index (χ4v) is 3.92. The molecule has 0 saturated carbocycles. The number of carbonyl (C=O) groups is 1. The van der Waals surface area contributed by atoms with Crippen molar-refractivity contribution in [3.05, 3.63) is 22.7 Å². The van der Waals surface area contributed by atoms with Crippen LogP contribution in [0, 0.1) is 5.92 Å². The van der Waals surface area contributed by atoms with Gasteiger partial charge in [0.25, 0.3) is 0 Å². The topological polar surface area (TPSA) is 101 Å². The molecule has 1 aromatic rings. The first kappa shape index (κ1) is 19.1. The zero-order valence-electron chi connectivity index (χ0n) is 12.9. The Balaban J connectivity index is 2.98. The van der Waals surface area contributed by atoms with Crippen LogP contribution in [0.25, 0.3) is 0 Å². The third-order valence-electron chi connectivity index (χ3n) is 2.92. The molecule has 0 aliphatic heterocycles. The van der Waals surface area contributed by atoms with Gasteiger partial charge in [0.05, 0.1) is 10.6 Å². The van der Waals surface area contributed by atoms with Crippen molar-refractivity contribution in [1.29, 1.82) is 0 Å². The standard InChI is InChI=1S/C14H22BrN3O3S/c1-9(2)6-11(8-16)18-22(20,21)12-4-5-14(13(15)7-12)17-10(3)19/h4-5,7,9,11,18H,6,8,16H2,1-3H3,(H,17,19). The van der Waals surface area contributed by atoms with Crippen molar-refractivity contribution < 1.29 is 13.2 Å². The summed E-state index contributed by atoms with van der Waals surface area (Å²) in [5.41, 5.74) is 6.15. The number of nitrogens with two attached hydrogens (primary N) is 1. The second kappa shape index (κ2) is 8.05. The molecule has 1 aromatic carbocycles. The lowest BCUT2D eigenvalue weighted by Gasteiger charge is -2.19. The summed E-state index contributed by atoms with van der Waals surface area (Å²) in [6.07, 6.45) is 0.668.